The van der Waals surface area contributed by atoms with Gasteiger partial charge in [0.15, 0.2) is 5.82 Å². The molecule has 1 fully saturated rings. The average Bonchev–Trinajstić information content (AvgIpc) is 3.63. The Morgan fingerprint density at radius 2 is 1.65 bits per heavy atom. The maximum Gasteiger partial charge on any atom is 0.407 e. The topological polar surface area (TPSA) is 180 Å². The second kappa shape index (κ2) is 16.6. The number of benzene rings is 3. The SMILES string of the molecule is CC(=O)Nc1ccc(Cl)c(-c2cccc(C[C@H](NC(=O)[C@H]3CC[C@H](CNC(=O)OC(C)(C)C)CC3)C(=O)Nc3ccc(-c4nnn[nH]4)cc3)c2)c1. The van der Waals surface area contributed by atoms with E-state index >= 15 is 0 Å². The average molecular weight is 715 g/mol. The molecular formula is C37H43ClN8O5. The predicted molar refractivity (Wildman–Crippen MR) is 195 cm³/mol. The summed E-state index contributed by atoms with van der Waals surface area (Å²) in [5.41, 5.74) is 3.65. The summed E-state index contributed by atoms with van der Waals surface area (Å²) in [6.07, 6.45) is 2.56. The van der Waals surface area contributed by atoms with Gasteiger partial charge < -0.3 is 26.0 Å². The van der Waals surface area contributed by atoms with Crippen LogP contribution in [0.15, 0.2) is 66.7 Å². The third-order valence-electron chi connectivity index (χ3n) is 8.52. The van der Waals surface area contributed by atoms with Crippen LogP contribution in [0.5, 0.6) is 0 Å². The third kappa shape index (κ3) is 10.8. The van der Waals surface area contributed by atoms with Crippen LogP contribution in [-0.4, -0.2) is 62.6 Å². The summed E-state index contributed by atoms with van der Waals surface area (Å²) in [6, 6.07) is 19.0. The van der Waals surface area contributed by atoms with Crippen molar-refractivity contribution < 1.29 is 23.9 Å². The molecule has 4 aromatic rings. The van der Waals surface area contributed by atoms with Crippen LogP contribution in [-0.2, 0) is 25.5 Å². The molecular weight excluding hydrogens is 672 g/mol. The minimum atomic E-state index is -0.890. The van der Waals surface area contributed by atoms with Gasteiger partial charge in [0.05, 0.1) is 0 Å². The number of carbonyl (C=O) groups is 4. The van der Waals surface area contributed by atoms with Crippen molar-refractivity contribution in [3.05, 3.63) is 77.3 Å². The van der Waals surface area contributed by atoms with Gasteiger partial charge in [0.1, 0.15) is 11.6 Å². The van der Waals surface area contributed by atoms with E-state index in [1.807, 2.05) is 45.0 Å². The second-order valence-electron chi connectivity index (χ2n) is 13.8. The van der Waals surface area contributed by atoms with Crippen LogP contribution in [0.3, 0.4) is 0 Å². The lowest BCUT2D eigenvalue weighted by Gasteiger charge is -2.29. The number of aromatic nitrogens is 4. The first-order valence-corrected chi connectivity index (χ1v) is 17.3. The van der Waals surface area contributed by atoms with E-state index in [2.05, 4.69) is 41.9 Å². The van der Waals surface area contributed by atoms with Gasteiger partial charge in [-0.05, 0) is 116 Å². The van der Waals surface area contributed by atoms with E-state index in [1.54, 1.807) is 42.5 Å². The fourth-order valence-corrected chi connectivity index (χ4v) is 6.25. The first kappa shape index (κ1) is 37.0. The number of ether oxygens (including phenoxy) is 1. The first-order chi connectivity index (χ1) is 24.3. The lowest BCUT2D eigenvalue weighted by molar-refractivity contribution is -0.130. The maximum absolute atomic E-state index is 13.8. The van der Waals surface area contributed by atoms with Gasteiger partial charge in [-0.15, -0.1) is 5.10 Å². The van der Waals surface area contributed by atoms with Crippen molar-refractivity contribution in [2.75, 3.05) is 17.2 Å². The van der Waals surface area contributed by atoms with Crippen molar-refractivity contribution in [3.8, 4) is 22.5 Å². The summed E-state index contributed by atoms with van der Waals surface area (Å²) in [5, 5.41) is 25.9. The Labute approximate surface area is 301 Å². The van der Waals surface area contributed by atoms with E-state index in [0.29, 0.717) is 41.6 Å². The molecule has 5 N–H and O–H groups in total. The molecule has 5 rings (SSSR count). The molecule has 13 nitrogen and oxygen atoms in total. The van der Waals surface area contributed by atoms with Gasteiger partial charge in [-0.2, -0.15) is 0 Å². The number of nitrogens with one attached hydrogen (secondary N) is 5. The Bertz CT molecular complexity index is 1830. The van der Waals surface area contributed by atoms with E-state index in [9.17, 15) is 19.2 Å². The molecule has 0 unspecified atom stereocenters. The van der Waals surface area contributed by atoms with Crippen LogP contribution in [0.4, 0.5) is 16.2 Å². The van der Waals surface area contributed by atoms with Crippen LogP contribution >= 0.6 is 11.6 Å². The number of tetrazole rings is 1. The molecule has 0 aliphatic heterocycles. The van der Waals surface area contributed by atoms with Crippen LogP contribution in [0.25, 0.3) is 22.5 Å². The number of alkyl carbamates (subject to hydrolysis) is 1. The summed E-state index contributed by atoms with van der Waals surface area (Å²) in [4.78, 5) is 51.3. The minimum absolute atomic E-state index is 0.191. The molecule has 4 amide bonds. The number of halogens is 1. The minimum Gasteiger partial charge on any atom is -0.444 e. The molecule has 1 aliphatic rings. The fourth-order valence-electron chi connectivity index (χ4n) is 6.02. The van der Waals surface area contributed by atoms with Crippen molar-refractivity contribution in [2.45, 2.75) is 71.4 Å². The molecule has 0 saturated heterocycles. The highest BCUT2D eigenvalue weighted by atomic mass is 35.5. The van der Waals surface area contributed by atoms with Gasteiger partial charge in [0.25, 0.3) is 0 Å². The first-order valence-electron chi connectivity index (χ1n) is 16.9. The molecule has 0 spiro atoms. The number of amides is 4. The highest BCUT2D eigenvalue weighted by Crippen LogP contribution is 2.32. The Morgan fingerprint density at radius 3 is 2.31 bits per heavy atom. The zero-order valence-corrected chi connectivity index (χ0v) is 29.8. The standard InChI is InChI=1S/C37H43ClN8O5/c1-22(47)40-29-16-17-31(38)30(20-29)27-7-5-6-24(18-27)19-32(35(49)41-28-14-12-25(13-15-28)33-43-45-46-44-33)42-34(48)26-10-8-23(9-11-26)21-39-36(50)51-37(2,3)4/h5-7,12-18,20,23,26,32H,8-11,19,21H2,1-4H3,(H,39,50)(H,40,47)(H,41,49)(H,42,48)(H,43,44,45,46)/t23-,26-,32-/m0/s1. The Kier molecular flexibility index (Phi) is 12.0. The van der Waals surface area contributed by atoms with E-state index < -0.39 is 17.7 Å². The van der Waals surface area contributed by atoms with Gasteiger partial charge in [-0.25, -0.2) is 9.89 Å². The lowest BCUT2D eigenvalue weighted by Crippen LogP contribution is -2.48. The van der Waals surface area contributed by atoms with Crippen molar-refractivity contribution >= 4 is 46.8 Å². The molecule has 1 atom stereocenters. The molecule has 268 valence electrons. The smallest absolute Gasteiger partial charge is 0.407 e. The number of H-pyrrole nitrogens is 1. The molecule has 3 aromatic carbocycles. The third-order valence-corrected chi connectivity index (χ3v) is 8.85. The van der Waals surface area contributed by atoms with E-state index in [0.717, 1.165) is 35.1 Å². The summed E-state index contributed by atoms with van der Waals surface area (Å²) in [7, 11) is 0. The highest BCUT2D eigenvalue weighted by Gasteiger charge is 2.30. The summed E-state index contributed by atoms with van der Waals surface area (Å²) >= 11 is 6.56. The van der Waals surface area contributed by atoms with Crippen LogP contribution in [0, 0.1) is 11.8 Å². The zero-order valence-electron chi connectivity index (χ0n) is 29.1. The molecule has 1 heterocycles. The van der Waals surface area contributed by atoms with Gasteiger partial charge in [0.2, 0.25) is 17.7 Å². The number of aromatic amines is 1. The normalized spacial score (nSPS) is 16.4. The second-order valence-corrected chi connectivity index (χ2v) is 14.2. The molecule has 14 heteroatoms. The van der Waals surface area contributed by atoms with E-state index in [4.69, 9.17) is 16.3 Å². The molecule has 1 saturated carbocycles. The summed E-state index contributed by atoms with van der Waals surface area (Å²) < 4.78 is 5.34. The zero-order chi connectivity index (χ0) is 36.5. The maximum atomic E-state index is 13.8. The van der Waals surface area contributed by atoms with Crippen molar-refractivity contribution in [2.24, 2.45) is 11.8 Å². The van der Waals surface area contributed by atoms with Gasteiger partial charge in [-0.3, -0.25) is 14.4 Å². The molecule has 51 heavy (non-hydrogen) atoms. The Balaban J connectivity index is 1.29. The van der Waals surface area contributed by atoms with Crippen LogP contribution in [0.1, 0.15) is 58.9 Å². The van der Waals surface area contributed by atoms with Gasteiger partial charge in [-0.1, -0.05) is 35.9 Å². The number of nitrogens with zero attached hydrogens (tertiary/aromatic N) is 3. The van der Waals surface area contributed by atoms with E-state index in [-0.39, 0.29) is 36.0 Å². The largest absolute Gasteiger partial charge is 0.444 e. The quantitative estimate of drug-likeness (QED) is 0.123. The molecule has 1 aliphatic carbocycles. The van der Waals surface area contributed by atoms with Gasteiger partial charge >= 0.3 is 6.09 Å². The van der Waals surface area contributed by atoms with Crippen LogP contribution < -0.4 is 21.3 Å². The van der Waals surface area contributed by atoms with E-state index in [1.165, 1.54) is 6.92 Å². The van der Waals surface area contributed by atoms with Crippen molar-refractivity contribution in [1.29, 1.82) is 0 Å². The molecule has 1 aromatic heterocycles. The fraction of sp³-hybridized carbons (Fsp3) is 0.378. The number of rotatable bonds is 11. The summed E-state index contributed by atoms with van der Waals surface area (Å²) in [6.45, 7) is 7.37. The number of carbonyl (C=O) groups excluding carboxylic acids is 4. The number of anilines is 2. The Hall–Kier alpha value is -5.30. The van der Waals surface area contributed by atoms with Crippen molar-refractivity contribution in [1.82, 2.24) is 31.3 Å². The van der Waals surface area contributed by atoms with Crippen LogP contribution in [0.2, 0.25) is 5.02 Å². The van der Waals surface area contributed by atoms with Gasteiger partial charge in [0, 0.05) is 53.3 Å². The number of hydrogen-bond acceptors (Lipinski definition) is 8. The predicted octanol–water partition coefficient (Wildman–Crippen LogP) is 6.14. The molecule has 0 bridgehead atoms. The highest BCUT2D eigenvalue weighted by molar-refractivity contribution is 6.33. The number of hydrogen-bond donors (Lipinski definition) is 5. The summed E-state index contributed by atoms with van der Waals surface area (Å²) in [5.74, 6) is -0.300. The Morgan fingerprint density at radius 1 is 0.922 bits per heavy atom. The molecule has 0 radical (unpaired) electrons. The lowest BCUT2D eigenvalue weighted by atomic mass is 9.81. The van der Waals surface area contributed by atoms with Crippen molar-refractivity contribution in [3.63, 3.8) is 0 Å². The monoisotopic (exact) mass is 714 g/mol.